The highest BCUT2D eigenvalue weighted by Crippen LogP contribution is 2.28. The molecule has 2 aliphatic rings. The predicted molar refractivity (Wildman–Crippen MR) is 111 cm³/mol. The van der Waals surface area contributed by atoms with E-state index in [1.807, 2.05) is 0 Å². The van der Waals surface area contributed by atoms with Gasteiger partial charge in [0.2, 0.25) is 5.91 Å². The van der Waals surface area contributed by atoms with Crippen molar-refractivity contribution in [1.82, 2.24) is 10.2 Å². The number of nitrogens with one attached hydrogen (secondary N) is 1. The van der Waals surface area contributed by atoms with Crippen molar-refractivity contribution in [1.29, 1.82) is 0 Å². The van der Waals surface area contributed by atoms with Crippen LogP contribution in [0.4, 0.5) is 8.78 Å². The minimum absolute atomic E-state index is 0.0991. The van der Waals surface area contributed by atoms with E-state index in [4.69, 9.17) is 10.5 Å². The lowest BCUT2D eigenvalue weighted by atomic mass is 10.0. The number of carbonyl (C=O) groups is 1. The Kier molecular flexibility index (Phi) is 6.87. The molecule has 1 amide bonds. The number of unbranched alkanes of at least 4 members (excludes halogenated alkanes) is 1. The first-order chi connectivity index (χ1) is 14.4. The van der Waals surface area contributed by atoms with Crippen molar-refractivity contribution in [3.05, 3.63) is 59.5 Å². The highest BCUT2D eigenvalue weighted by atomic mass is 19.1. The van der Waals surface area contributed by atoms with Crippen LogP contribution in [0.3, 0.4) is 0 Å². The van der Waals surface area contributed by atoms with Gasteiger partial charge < -0.3 is 20.7 Å². The summed E-state index contributed by atoms with van der Waals surface area (Å²) in [5.41, 5.74) is 4.63. The molecule has 0 aromatic heterocycles. The lowest BCUT2D eigenvalue weighted by Gasteiger charge is -2.25. The van der Waals surface area contributed by atoms with Gasteiger partial charge in [0, 0.05) is 18.8 Å². The molecule has 2 atom stereocenters. The minimum Gasteiger partial charge on any atom is -0.485 e. The SMILES string of the molecule is CCCC[C@H](CN)NC(=O)C1(C)CN2C=CC=C(OCc3c(F)cccc3F)C2=N1. The Morgan fingerprint density at radius 3 is 2.80 bits per heavy atom. The van der Waals surface area contributed by atoms with Gasteiger partial charge in [-0.05, 0) is 37.6 Å². The summed E-state index contributed by atoms with van der Waals surface area (Å²) in [5, 5.41) is 3.00. The van der Waals surface area contributed by atoms with E-state index < -0.39 is 17.2 Å². The van der Waals surface area contributed by atoms with E-state index in [2.05, 4.69) is 17.2 Å². The van der Waals surface area contributed by atoms with Gasteiger partial charge in [0.05, 0.1) is 12.1 Å². The van der Waals surface area contributed by atoms with E-state index in [1.54, 1.807) is 30.2 Å². The van der Waals surface area contributed by atoms with E-state index in [-0.39, 0.29) is 24.1 Å². The molecule has 0 bridgehead atoms. The number of nitrogens with two attached hydrogens (primary N) is 1. The molecule has 1 unspecified atom stereocenters. The van der Waals surface area contributed by atoms with Crippen LogP contribution in [0.1, 0.15) is 38.7 Å². The summed E-state index contributed by atoms with van der Waals surface area (Å²) < 4.78 is 33.5. The van der Waals surface area contributed by atoms with E-state index in [1.165, 1.54) is 18.2 Å². The molecule has 30 heavy (non-hydrogen) atoms. The summed E-state index contributed by atoms with van der Waals surface area (Å²) in [6, 6.07) is 3.57. The van der Waals surface area contributed by atoms with Crippen LogP contribution in [0.25, 0.3) is 0 Å². The maximum absolute atomic E-state index is 13.9. The van der Waals surface area contributed by atoms with Gasteiger partial charge in [-0.15, -0.1) is 0 Å². The summed E-state index contributed by atoms with van der Waals surface area (Å²) in [6.07, 6.45) is 8.04. The van der Waals surface area contributed by atoms with Crippen molar-refractivity contribution in [3.8, 4) is 0 Å². The number of carbonyl (C=O) groups excluding carboxylic acids is 1. The number of amides is 1. The molecule has 0 spiro atoms. The van der Waals surface area contributed by atoms with Crippen LogP contribution in [0.15, 0.2) is 47.3 Å². The van der Waals surface area contributed by atoms with Crippen molar-refractivity contribution in [3.63, 3.8) is 0 Å². The van der Waals surface area contributed by atoms with Crippen molar-refractivity contribution in [2.45, 2.75) is 51.3 Å². The van der Waals surface area contributed by atoms with Crippen LogP contribution in [0, 0.1) is 11.6 Å². The van der Waals surface area contributed by atoms with Gasteiger partial charge in [-0.2, -0.15) is 0 Å². The average molecular weight is 418 g/mol. The van der Waals surface area contributed by atoms with Gasteiger partial charge in [-0.1, -0.05) is 25.8 Å². The number of hydrogen-bond acceptors (Lipinski definition) is 5. The fourth-order valence-electron chi connectivity index (χ4n) is 3.46. The Bertz CT molecular complexity index is 864. The predicted octanol–water partition coefficient (Wildman–Crippen LogP) is 3.00. The summed E-state index contributed by atoms with van der Waals surface area (Å²) in [7, 11) is 0. The molecule has 0 aliphatic carbocycles. The van der Waals surface area contributed by atoms with Crippen molar-refractivity contribution >= 4 is 11.7 Å². The molecule has 2 heterocycles. The lowest BCUT2D eigenvalue weighted by molar-refractivity contribution is -0.126. The zero-order chi connectivity index (χ0) is 21.7. The molecule has 0 saturated heterocycles. The Balaban J connectivity index is 1.72. The first-order valence-electron chi connectivity index (χ1n) is 10.2. The third kappa shape index (κ3) is 4.70. The molecule has 0 radical (unpaired) electrons. The van der Waals surface area contributed by atoms with Crippen LogP contribution in [-0.4, -0.2) is 41.3 Å². The zero-order valence-corrected chi connectivity index (χ0v) is 17.3. The molecule has 6 nitrogen and oxygen atoms in total. The fraction of sp³-hybridized carbons (Fsp3) is 0.455. The summed E-state index contributed by atoms with van der Waals surface area (Å²) in [5.74, 6) is -0.723. The van der Waals surface area contributed by atoms with Gasteiger partial charge in [0.1, 0.15) is 18.2 Å². The molecular formula is C22H28F2N4O2. The van der Waals surface area contributed by atoms with Crippen molar-refractivity contribution in [2.75, 3.05) is 13.1 Å². The van der Waals surface area contributed by atoms with Gasteiger partial charge in [-0.3, -0.25) is 4.79 Å². The molecule has 3 N–H and O–H groups in total. The second kappa shape index (κ2) is 9.38. The van der Waals surface area contributed by atoms with Crippen molar-refractivity contribution < 1.29 is 18.3 Å². The maximum Gasteiger partial charge on any atom is 0.249 e. The van der Waals surface area contributed by atoms with E-state index in [0.29, 0.717) is 24.7 Å². The smallest absolute Gasteiger partial charge is 0.249 e. The fourth-order valence-corrected chi connectivity index (χ4v) is 3.46. The average Bonchev–Trinajstić information content (AvgIpc) is 3.09. The number of benzene rings is 1. The third-order valence-electron chi connectivity index (χ3n) is 5.29. The number of hydrogen-bond donors (Lipinski definition) is 2. The highest BCUT2D eigenvalue weighted by Gasteiger charge is 2.43. The number of nitrogens with zero attached hydrogens (tertiary/aromatic N) is 2. The van der Waals surface area contributed by atoms with Gasteiger partial charge in [0.15, 0.2) is 17.1 Å². The molecule has 1 aromatic carbocycles. The largest absolute Gasteiger partial charge is 0.485 e. The number of amidine groups is 1. The van der Waals surface area contributed by atoms with E-state index in [0.717, 1.165) is 19.3 Å². The van der Waals surface area contributed by atoms with Gasteiger partial charge >= 0.3 is 0 Å². The molecule has 0 fully saturated rings. The molecule has 162 valence electrons. The number of fused-ring (bicyclic) bond motifs is 1. The number of rotatable bonds is 9. The summed E-state index contributed by atoms with van der Waals surface area (Å²) in [6.45, 7) is 4.27. The summed E-state index contributed by atoms with van der Waals surface area (Å²) >= 11 is 0. The van der Waals surface area contributed by atoms with Crippen molar-refractivity contribution in [2.24, 2.45) is 10.7 Å². The van der Waals surface area contributed by atoms with Gasteiger partial charge in [0.25, 0.3) is 0 Å². The quantitative estimate of drug-likeness (QED) is 0.646. The Hall–Kier alpha value is -2.74. The van der Waals surface area contributed by atoms with Crippen LogP contribution in [0.2, 0.25) is 0 Å². The first kappa shape index (κ1) is 22.0. The van der Waals surface area contributed by atoms with Crippen LogP contribution >= 0.6 is 0 Å². The monoisotopic (exact) mass is 418 g/mol. The Morgan fingerprint density at radius 1 is 1.40 bits per heavy atom. The molecule has 3 rings (SSSR count). The second-order valence-corrected chi connectivity index (χ2v) is 7.75. The Morgan fingerprint density at radius 2 is 2.13 bits per heavy atom. The van der Waals surface area contributed by atoms with E-state index in [9.17, 15) is 13.6 Å². The Labute approximate surface area is 175 Å². The maximum atomic E-state index is 13.9. The van der Waals surface area contributed by atoms with Gasteiger partial charge in [-0.25, -0.2) is 13.8 Å². The third-order valence-corrected chi connectivity index (χ3v) is 5.29. The van der Waals surface area contributed by atoms with Crippen LogP contribution in [-0.2, 0) is 16.1 Å². The molecule has 0 saturated carbocycles. The minimum atomic E-state index is -1.02. The lowest BCUT2D eigenvalue weighted by Crippen LogP contribution is -2.51. The summed E-state index contributed by atoms with van der Waals surface area (Å²) in [4.78, 5) is 19.3. The normalized spacial score (nSPS) is 21.0. The zero-order valence-electron chi connectivity index (χ0n) is 17.3. The first-order valence-corrected chi connectivity index (χ1v) is 10.2. The number of halogens is 2. The molecule has 2 aliphatic heterocycles. The number of ether oxygens (including phenoxy) is 1. The number of aliphatic imine (C=N–C) groups is 1. The molecular weight excluding hydrogens is 390 g/mol. The van der Waals surface area contributed by atoms with Crippen LogP contribution in [0.5, 0.6) is 0 Å². The second-order valence-electron chi connectivity index (χ2n) is 7.75. The van der Waals surface area contributed by atoms with E-state index >= 15 is 0 Å². The molecule has 8 heteroatoms. The highest BCUT2D eigenvalue weighted by molar-refractivity contribution is 6.03. The molecule has 1 aromatic rings. The van der Waals surface area contributed by atoms with Crippen LogP contribution < -0.4 is 11.1 Å². The number of allylic oxidation sites excluding steroid dienone is 2. The standard InChI is InChI=1S/C22H28F2N4O2/c1-3-4-7-15(12-25)26-21(29)22(2)14-28-11-6-10-19(20(28)27-22)30-13-16-17(23)8-5-9-18(16)24/h5-6,8-11,15H,3-4,7,12-14,25H2,1-2H3,(H,26,29)/t15-,22?/m1/s1. The topological polar surface area (TPSA) is 80.0 Å².